The van der Waals surface area contributed by atoms with E-state index in [-0.39, 0.29) is 11.7 Å². The minimum Gasteiger partial charge on any atom is -0.496 e. The van der Waals surface area contributed by atoms with Gasteiger partial charge in [0.15, 0.2) is 5.84 Å². The normalized spacial score (nSPS) is 18.6. The number of thiophene rings is 1. The Bertz CT molecular complexity index is 507. The fourth-order valence-electron chi connectivity index (χ4n) is 2.52. The molecule has 0 saturated heterocycles. The fourth-order valence-corrected chi connectivity index (χ4v) is 3.27. The molecule has 0 unspecified atom stereocenters. The van der Waals surface area contributed by atoms with Gasteiger partial charge in [0, 0.05) is 11.4 Å². The molecule has 6 nitrogen and oxygen atoms in total. The first-order chi connectivity index (χ1) is 9.61. The second-order valence-electron chi connectivity index (χ2n) is 4.93. The fraction of sp³-hybridized carbons (Fsp3) is 0.538. The number of oxime groups is 1. The Labute approximate surface area is 121 Å². The molecule has 1 aliphatic carbocycles. The van der Waals surface area contributed by atoms with Crippen LogP contribution in [-0.2, 0) is 0 Å². The van der Waals surface area contributed by atoms with Crippen molar-refractivity contribution in [2.45, 2.75) is 37.6 Å². The lowest BCUT2D eigenvalue weighted by molar-refractivity contribution is 0.0909. The van der Waals surface area contributed by atoms with Crippen molar-refractivity contribution in [2.75, 3.05) is 7.11 Å². The van der Waals surface area contributed by atoms with Gasteiger partial charge in [-0.25, -0.2) is 0 Å². The Hall–Kier alpha value is -1.76. The lowest BCUT2D eigenvalue weighted by Crippen LogP contribution is -2.58. The van der Waals surface area contributed by atoms with E-state index in [9.17, 15) is 4.79 Å². The summed E-state index contributed by atoms with van der Waals surface area (Å²) in [5, 5.41) is 16.8. The molecule has 0 spiro atoms. The molecule has 1 heterocycles. The molecule has 1 amide bonds. The summed E-state index contributed by atoms with van der Waals surface area (Å²) in [6.45, 7) is 0. The van der Waals surface area contributed by atoms with Crippen LogP contribution >= 0.6 is 11.3 Å². The van der Waals surface area contributed by atoms with Gasteiger partial charge in [-0.15, -0.1) is 11.3 Å². The van der Waals surface area contributed by atoms with Crippen molar-refractivity contribution in [3.05, 3.63) is 16.3 Å². The van der Waals surface area contributed by atoms with Crippen LogP contribution in [0.2, 0.25) is 0 Å². The van der Waals surface area contributed by atoms with Crippen molar-refractivity contribution in [2.24, 2.45) is 10.9 Å². The van der Waals surface area contributed by atoms with Gasteiger partial charge in [0.25, 0.3) is 5.91 Å². The van der Waals surface area contributed by atoms with Crippen molar-refractivity contribution in [1.82, 2.24) is 5.32 Å². The molecule has 0 aromatic carbocycles. The number of hydrogen-bond donors (Lipinski definition) is 3. The van der Waals surface area contributed by atoms with E-state index in [0.29, 0.717) is 23.5 Å². The number of rotatable bonds is 4. The predicted octanol–water partition coefficient (Wildman–Crippen LogP) is 1.94. The molecule has 110 valence electrons. The molecule has 0 aliphatic heterocycles. The summed E-state index contributed by atoms with van der Waals surface area (Å²) in [7, 11) is 1.56. The molecule has 0 atom stereocenters. The van der Waals surface area contributed by atoms with Gasteiger partial charge in [0.1, 0.15) is 11.3 Å². The van der Waals surface area contributed by atoms with Crippen LogP contribution in [0.15, 0.2) is 16.6 Å². The van der Waals surface area contributed by atoms with Crippen molar-refractivity contribution < 1.29 is 14.7 Å². The van der Waals surface area contributed by atoms with Crippen LogP contribution in [0.4, 0.5) is 0 Å². The second-order valence-corrected chi connectivity index (χ2v) is 5.84. The Morgan fingerprint density at radius 3 is 2.75 bits per heavy atom. The van der Waals surface area contributed by atoms with E-state index in [4.69, 9.17) is 15.7 Å². The average molecular weight is 297 g/mol. The quantitative estimate of drug-likeness (QED) is 0.342. The Morgan fingerprint density at radius 2 is 2.20 bits per heavy atom. The zero-order valence-electron chi connectivity index (χ0n) is 11.4. The van der Waals surface area contributed by atoms with Gasteiger partial charge in [0.05, 0.1) is 12.0 Å². The van der Waals surface area contributed by atoms with Crippen LogP contribution in [0.1, 0.15) is 41.8 Å². The highest BCUT2D eigenvalue weighted by Gasteiger charge is 2.38. The first-order valence-corrected chi connectivity index (χ1v) is 7.42. The Balaban J connectivity index is 2.17. The summed E-state index contributed by atoms with van der Waals surface area (Å²) < 4.78 is 5.07. The van der Waals surface area contributed by atoms with Gasteiger partial charge in [-0.05, 0) is 12.8 Å². The molecule has 1 aromatic heterocycles. The molecule has 1 aliphatic rings. The van der Waals surface area contributed by atoms with Gasteiger partial charge in [-0.2, -0.15) is 0 Å². The largest absolute Gasteiger partial charge is 0.496 e. The molecule has 1 fully saturated rings. The third-order valence-electron chi connectivity index (χ3n) is 3.69. The van der Waals surface area contributed by atoms with Crippen LogP contribution < -0.4 is 15.8 Å². The van der Waals surface area contributed by atoms with Crippen LogP contribution in [0.25, 0.3) is 0 Å². The molecule has 4 N–H and O–H groups in total. The highest BCUT2D eigenvalue weighted by Crippen LogP contribution is 2.30. The van der Waals surface area contributed by atoms with Gasteiger partial charge < -0.3 is 21.0 Å². The smallest absolute Gasteiger partial charge is 0.262 e. The average Bonchev–Trinajstić information content (AvgIpc) is 2.96. The van der Waals surface area contributed by atoms with Crippen LogP contribution in [0, 0.1) is 0 Å². The second kappa shape index (κ2) is 6.13. The number of amidine groups is 1. The van der Waals surface area contributed by atoms with E-state index in [1.165, 1.54) is 11.3 Å². The molecule has 1 aromatic rings. The first-order valence-electron chi connectivity index (χ1n) is 6.54. The van der Waals surface area contributed by atoms with Gasteiger partial charge >= 0.3 is 0 Å². The topological polar surface area (TPSA) is 96.9 Å². The van der Waals surface area contributed by atoms with Crippen molar-refractivity contribution in [1.29, 1.82) is 0 Å². The lowest BCUT2D eigenvalue weighted by atomic mass is 9.80. The molecule has 20 heavy (non-hydrogen) atoms. The van der Waals surface area contributed by atoms with E-state index in [1.807, 2.05) is 0 Å². The highest BCUT2D eigenvalue weighted by molar-refractivity contribution is 7.12. The van der Waals surface area contributed by atoms with E-state index >= 15 is 0 Å². The number of nitrogens with two attached hydrogens (primary N) is 1. The number of ether oxygens (including phenoxy) is 1. The maximum Gasteiger partial charge on any atom is 0.262 e. The zero-order chi connectivity index (χ0) is 14.6. The molecule has 0 bridgehead atoms. The Morgan fingerprint density at radius 1 is 1.50 bits per heavy atom. The van der Waals surface area contributed by atoms with Gasteiger partial charge in [-0.3, -0.25) is 4.79 Å². The SMILES string of the molecule is COc1csc(C(=O)NC2(C(N)=NO)CCCCC2)c1. The number of nitrogens with zero attached hydrogens (tertiary/aromatic N) is 1. The maximum absolute atomic E-state index is 12.3. The van der Waals surface area contributed by atoms with Gasteiger partial charge in [-0.1, -0.05) is 24.4 Å². The third-order valence-corrected chi connectivity index (χ3v) is 4.60. The predicted molar refractivity (Wildman–Crippen MR) is 77.6 cm³/mol. The van der Waals surface area contributed by atoms with E-state index in [1.54, 1.807) is 18.6 Å². The van der Waals surface area contributed by atoms with E-state index < -0.39 is 5.54 Å². The molecule has 2 rings (SSSR count). The highest BCUT2D eigenvalue weighted by atomic mass is 32.1. The third kappa shape index (κ3) is 2.87. The number of carbonyl (C=O) groups is 1. The zero-order valence-corrected chi connectivity index (χ0v) is 12.2. The lowest BCUT2D eigenvalue weighted by Gasteiger charge is -2.36. The van der Waals surface area contributed by atoms with Crippen LogP contribution in [-0.4, -0.2) is 29.6 Å². The summed E-state index contributed by atoms with van der Waals surface area (Å²) in [5.41, 5.74) is 5.07. The first kappa shape index (κ1) is 14.6. The summed E-state index contributed by atoms with van der Waals surface area (Å²) in [5.74, 6) is 0.516. The van der Waals surface area contributed by atoms with E-state index in [2.05, 4.69) is 10.5 Å². The van der Waals surface area contributed by atoms with Crippen molar-refractivity contribution in [3.63, 3.8) is 0 Å². The summed E-state index contributed by atoms with van der Waals surface area (Å²) in [4.78, 5) is 12.9. The number of nitrogens with one attached hydrogen (secondary N) is 1. The Kier molecular flexibility index (Phi) is 4.49. The van der Waals surface area contributed by atoms with Crippen LogP contribution in [0.5, 0.6) is 5.75 Å². The number of amides is 1. The number of carbonyl (C=O) groups excluding carboxylic acids is 1. The summed E-state index contributed by atoms with van der Waals surface area (Å²) in [6.07, 6.45) is 4.38. The van der Waals surface area contributed by atoms with Crippen LogP contribution in [0.3, 0.4) is 0 Å². The maximum atomic E-state index is 12.3. The molecule has 7 heteroatoms. The minimum atomic E-state index is -0.735. The van der Waals surface area contributed by atoms with E-state index in [0.717, 1.165) is 19.3 Å². The molecular weight excluding hydrogens is 278 g/mol. The standard InChI is InChI=1S/C13H19N3O3S/c1-19-9-7-10(20-8-9)11(17)15-13(12(14)16-18)5-3-2-4-6-13/h7-8,18H,2-6H2,1H3,(H2,14,16)(H,15,17). The monoisotopic (exact) mass is 297 g/mol. The minimum absolute atomic E-state index is 0.0778. The summed E-state index contributed by atoms with van der Waals surface area (Å²) in [6, 6.07) is 1.68. The molecule has 0 radical (unpaired) electrons. The number of methoxy groups -OCH3 is 1. The van der Waals surface area contributed by atoms with Gasteiger partial charge in [0.2, 0.25) is 0 Å². The molecular formula is C13H19N3O3S. The van der Waals surface area contributed by atoms with Crippen molar-refractivity contribution >= 4 is 23.1 Å². The van der Waals surface area contributed by atoms with Crippen molar-refractivity contribution in [3.8, 4) is 5.75 Å². The summed E-state index contributed by atoms with van der Waals surface area (Å²) >= 11 is 1.31. The number of hydrogen-bond acceptors (Lipinski definition) is 5. The molecule has 1 saturated carbocycles.